The van der Waals surface area contributed by atoms with Crippen molar-refractivity contribution >= 4 is 17.2 Å². The van der Waals surface area contributed by atoms with Gasteiger partial charge in [-0.2, -0.15) is 11.3 Å². The summed E-state index contributed by atoms with van der Waals surface area (Å²) < 4.78 is 5.53. The minimum Gasteiger partial charge on any atom is -0.375 e. The average Bonchev–Trinajstić information content (AvgIpc) is 2.82. The summed E-state index contributed by atoms with van der Waals surface area (Å²) >= 11 is 1.68. The summed E-state index contributed by atoms with van der Waals surface area (Å²) in [6.45, 7) is 5.45. The van der Waals surface area contributed by atoms with Crippen LogP contribution in [0.15, 0.2) is 16.8 Å². The van der Waals surface area contributed by atoms with E-state index in [1.54, 1.807) is 11.3 Å². The lowest BCUT2D eigenvalue weighted by atomic mass is 10.1. The third-order valence-electron chi connectivity index (χ3n) is 3.14. The maximum Gasteiger partial charge on any atom is 0.223 e. The summed E-state index contributed by atoms with van der Waals surface area (Å²) in [5.41, 5.74) is 1.26. The number of carbonyl (C=O) groups is 1. The zero-order valence-electron chi connectivity index (χ0n) is 10.4. The van der Waals surface area contributed by atoms with E-state index >= 15 is 0 Å². The molecule has 3 nitrogen and oxygen atoms in total. The van der Waals surface area contributed by atoms with Gasteiger partial charge in [-0.05, 0) is 42.7 Å². The van der Waals surface area contributed by atoms with Gasteiger partial charge in [-0.15, -0.1) is 0 Å². The van der Waals surface area contributed by atoms with E-state index in [0.29, 0.717) is 13.0 Å². The second-order valence-corrected chi connectivity index (χ2v) is 5.45. The van der Waals surface area contributed by atoms with Crippen molar-refractivity contribution in [3.05, 3.63) is 22.4 Å². The molecule has 2 unspecified atom stereocenters. The van der Waals surface area contributed by atoms with E-state index in [2.05, 4.69) is 16.8 Å². The number of carbonyl (C=O) groups excluding carboxylic acids is 1. The molecule has 2 rings (SSSR count). The van der Waals surface area contributed by atoms with Crippen molar-refractivity contribution in [2.24, 2.45) is 0 Å². The molecule has 94 valence electrons. The second-order valence-electron chi connectivity index (χ2n) is 4.67. The first-order valence-electron chi connectivity index (χ1n) is 6.09. The predicted molar refractivity (Wildman–Crippen MR) is 69.2 cm³/mol. The van der Waals surface area contributed by atoms with E-state index in [9.17, 15) is 4.79 Å². The Kier molecular flexibility index (Phi) is 4.18. The molecule has 1 aliphatic heterocycles. The van der Waals surface area contributed by atoms with E-state index in [4.69, 9.17) is 4.74 Å². The normalized spacial score (nSPS) is 24.9. The van der Waals surface area contributed by atoms with Crippen molar-refractivity contribution in [3.63, 3.8) is 0 Å². The third-order valence-corrected chi connectivity index (χ3v) is 3.87. The molecule has 1 aromatic rings. The molecular weight excluding hydrogens is 234 g/mol. The van der Waals surface area contributed by atoms with Crippen molar-refractivity contribution in [1.82, 2.24) is 4.90 Å². The molecule has 1 saturated heterocycles. The van der Waals surface area contributed by atoms with Gasteiger partial charge in [0.15, 0.2) is 0 Å². The molecule has 2 heterocycles. The van der Waals surface area contributed by atoms with Gasteiger partial charge in [-0.25, -0.2) is 0 Å². The average molecular weight is 253 g/mol. The number of hydrogen-bond donors (Lipinski definition) is 0. The zero-order valence-corrected chi connectivity index (χ0v) is 11.2. The Balaban J connectivity index is 1.86. The Bertz CT molecular complexity index is 364. The first kappa shape index (κ1) is 12.6. The van der Waals surface area contributed by atoms with Crippen LogP contribution < -0.4 is 0 Å². The first-order chi connectivity index (χ1) is 8.16. The molecule has 0 aliphatic carbocycles. The molecular formula is C13H19NO2S. The summed E-state index contributed by atoms with van der Waals surface area (Å²) in [6, 6.07) is 2.30. The highest BCUT2D eigenvalue weighted by Crippen LogP contribution is 2.15. The largest absolute Gasteiger partial charge is 0.375 e. The lowest BCUT2D eigenvalue weighted by Gasteiger charge is -2.36. The molecule has 4 heteroatoms. The van der Waals surface area contributed by atoms with Crippen LogP contribution in [-0.2, 0) is 16.0 Å². The number of morpholine rings is 1. The quantitative estimate of drug-likeness (QED) is 0.827. The molecule has 1 aromatic heterocycles. The Morgan fingerprint density at radius 1 is 1.59 bits per heavy atom. The van der Waals surface area contributed by atoms with Crippen LogP contribution in [0.25, 0.3) is 0 Å². The standard InChI is InChI=1S/C13H19NO2S/c1-10-8-16-11(2)7-14(10)13(15)4-3-12-5-6-17-9-12/h5-6,9-11H,3-4,7-8H2,1-2H3. The van der Waals surface area contributed by atoms with Crippen LogP contribution in [-0.4, -0.2) is 36.1 Å². The van der Waals surface area contributed by atoms with Gasteiger partial charge in [0, 0.05) is 13.0 Å². The van der Waals surface area contributed by atoms with Crippen molar-refractivity contribution < 1.29 is 9.53 Å². The topological polar surface area (TPSA) is 29.5 Å². The van der Waals surface area contributed by atoms with Crippen LogP contribution in [0.3, 0.4) is 0 Å². The van der Waals surface area contributed by atoms with Crippen molar-refractivity contribution in [1.29, 1.82) is 0 Å². The van der Waals surface area contributed by atoms with Gasteiger partial charge in [-0.3, -0.25) is 4.79 Å². The van der Waals surface area contributed by atoms with Gasteiger partial charge < -0.3 is 9.64 Å². The highest BCUT2D eigenvalue weighted by atomic mass is 32.1. The van der Waals surface area contributed by atoms with E-state index < -0.39 is 0 Å². The van der Waals surface area contributed by atoms with Gasteiger partial charge in [-0.1, -0.05) is 0 Å². The van der Waals surface area contributed by atoms with E-state index in [0.717, 1.165) is 13.0 Å². The number of amides is 1. The van der Waals surface area contributed by atoms with Gasteiger partial charge in [0.25, 0.3) is 0 Å². The minimum atomic E-state index is 0.163. The smallest absolute Gasteiger partial charge is 0.223 e. The molecule has 0 aromatic carbocycles. The number of rotatable bonds is 3. The van der Waals surface area contributed by atoms with Gasteiger partial charge in [0.2, 0.25) is 5.91 Å². The number of nitrogens with zero attached hydrogens (tertiary/aromatic N) is 1. The van der Waals surface area contributed by atoms with Crippen LogP contribution in [0.4, 0.5) is 0 Å². The van der Waals surface area contributed by atoms with Crippen LogP contribution in [0.5, 0.6) is 0 Å². The minimum absolute atomic E-state index is 0.163. The molecule has 0 bridgehead atoms. The van der Waals surface area contributed by atoms with E-state index in [1.807, 2.05) is 18.7 Å². The fourth-order valence-corrected chi connectivity index (χ4v) is 2.78. The number of hydrogen-bond acceptors (Lipinski definition) is 3. The molecule has 2 atom stereocenters. The monoisotopic (exact) mass is 253 g/mol. The molecule has 0 saturated carbocycles. The van der Waals surface area contributed by atoms with Crippen LogP contribution >= 0.6 is 11.3 Å². The Morgan fingerprint density at radius 3 is 3.12 bits per heavy atom. The summed E-state index contributed by atoms with van der Waals surface area (Å²) in [6.07, 6.45) is 1.62. The molecule has 1 fully saturated rings. The summed E-state index contributed by atoms with van der Waals surface area (Å²) in [4.78, 5) is 14.1. The van der Waals surface area contributed by atoms with Crippen molar-refractivity contribution in [2.75, 3.05) is 13.2 Å². The molecule has 1 amide bonds. The predicted octanol–water partition coefficient (Wildman–Crippen LogP) is 2.32. The van der Waals surface area contributed by atoms with E-state index in [-0.39, 0.29) is 18.1 Å². The molecule has 1 aliphatic rings. The first-order valence-corrected chi connectivity index (χ1v) is 7.03. The third kappa shape index (κ3) is 3.30. The summed E-state index contributed by atoms with van der Waals surface area (Å²) in [7, 11) is 0. The number of ether oxygens (including phenoxy) is 1. The van der Waals surface area contributed by atoms with Crippen molar-refractivity contribution in [3.8, 4) is 0 Å². The maximum atomic E-state index is 12.1. The molecule has 17 heavy (non-hydrogen) atoms. The van der Waals surface area contributed by atoms with Gasteiger partial charge >= 0.3 is 0 Å². The SMILES string of the molecule is CC1CN(C(=O)CCc2ccsc2)C(C)CO1. The Hall–Kier alpha value is -0.870. The van der Waals surface area contributed by atoms with E-state index in [1.165, 1.54) is 5.56 Å². The summed E-state index contributed by atoms with van der Waals surface area (Å²) in [5.74, 6) is 0.249. The lowest BCUT2D eigenvalue weighted by molar-refractivity contribution is -0.143. The molecule has 0 radical (unpaired) electrons. The molecule has 0 N–H and O–H groups in total. The van der Waals surface area contributed by atoms with Crippen LogP contribution in [0, 0.1) is 0 Å². The highest BCUT2D eigenvalue weighted by molar-refractivity contribution is 7.07. The van der Waals surface area contributed by atoms with Crippen LogP contribution in [0.2, 0.25) is 0 Å². The van der Waals surface area contributed by atoms with Crippen LogP contribution in [0.1, 0.15) is 25.8 Å². The van der Waals surface area contributed by atoms with Gasteiger partial charge in [0.1, 0.15) is 0 Å². The lowest BCUT2D eigenvalue weighted by Crippen LogP contribution is -2.50. The number of aryl methyl sites for hydroxylation is 1. The molecule has 0 spiro atoms. The summed E-state index contributed by atoms with van der Waals surface area (Å²) in [5, 5.41) is 4.16. The van der Waals surface area contributed by atoms with Crippen molar-refractivity contribution in [2.45, 2.75) is 38.8 Å². The number of thiophene rings is 1. The Morgan fingerprint density at radius 2 is 2.41 bits per heavy atom. The second kappa shape index (κ2) is 5.65. The maximum absolute atomic E-state index is 12.1. The highest BCUT2D eigenvalue weighted by Gasteiger charge is 2.26. The van der Waals surface area contributed by atoms with Gasteiger partial charge in [0.05, 0.1) is 18.8 Å². The fraction of sp³-hybridized carbons (Fsp3) is 0.615. The Labute approximate surface area is 106 Å². The fourth-order valence-electron chi connectivity index (χ4n) is 2.08. The zero-order chi connectivity index (χ0) is 12.3.